The molecule has 6 heteroatoms. The summed E-state index contributed by atoms with van der Waals surface area (Å²) in [4.78, 5) is 13.6. The van der Waals surface area contributed by atoms with Gasteiger partial charge in [0.15, 0.2) is 0 Å². The number of halogens is 1. The number of carbonyl (C=O) groups is 1. The Morgan fingerprint density at radius 3 is 2.35 bits per heavy atom. The lowest BCUT2D eigenvalue weighted by molar-refractivity contribution is -0.0239. The summed E-state index contributed by atoms with van der Waals surface area (Å²) in [7, 11) is 0. The van der Waals surface area contributed by atoms with Crippen molar-refractivity contribution < 1.29 is 19.0 Å². The van der Waals surface area contributed by atoms with E-state index in [1.807, 2.05) is 20.8 Å². The standard InChI is InChI=1S/C17H25FN2O3/c1-16(2,3)23-15(22)20-8-13(9-20)17(10-19,11-21)12-4-6-14(18)7-5-12/h4-7,13,21H,8-11,19H2,1-3H3. The monoisotopic (exact) mass is 324 g/mol. The molecule has 23 heavy (non-hydrogen) atoms. The number of amides is 1. The van der Waals surface area contributed by atoms with E-state index < -0.39 is 11.0 Å². The number of hydrogen-bond acceptors (Lipinski definition) is 4. The van der Waals surface area contributed by atoms with Gasteiger partial charge in [0.25, 0.3) is 0 Å². The number of rotatable bonds is 4. The Balaban J connectivity index is 2.10. The van der Waals surface area contributed by atoms with Crippen LogP contribution in [0.15, 0.2) is 24.3 Å². The summed E-state index contributed by atoms with van der Waals surface area (Å²) >= 11 is 0. The number of nitrogens with zero attached hydrogens (tertiary/aromatic N) is 1. The van der Waals surface area contributed by atoms with E-state index in [0.717, 1.165) is 5.56 Å². The van der Waals surface area contributed by atoms with Gasteiger partial charge in [-0.25, -0.2) is 9.18 Å². The number of aliphatic hydroxyl groups is 1. The van der Waals surface area contributed by atoms with Crippen molar-refractivity contribution in [1.29, 1.82) is 0 Å². The van der Waals surface area contributed by atoms with E-state index in [-0.39, 0.29) is 31.0 Å². The Labute approximate surface area is 136 Å². The van der Waals surface area contributed by atoms with Gasteiger partial charge < -0.3 is 20.5 Å². The van der Waals surface area contributed by atoms with Crippen molar-refractivity contribution in [3.63, 3.8) is 0 Å². The zero-order valence-corrected chi connectivity index (χ0v) is 13.9. The first-order valence-electron chi connectivity index (χ1n) is 7.77. The van der Waals surface area contributed by atoms with E-state index in [1.54, 1.807) is 17.0 Å². The van der Waals surface area contributed by atoms with Crippen molar-refractivity contribution in [3.05, 3.63) is 35.6 Å². The molecule has 0 radical (unpaired) electrons. The zero-order valence-electron chi connectivity index (χ0n) is 13.9. The van der Waals surface area contributed by atoms with Crippen LogP contribution in [0, 0.1) is 11.7 Å². The fourth-order valence-corrected chi connectivity index (χ4v) is 2.89. The lowest BCUT2D eigenvalue weighted by Crippen LogP contribution is -2.62. The normalized spacial score (nSPS) is 18.3. The van der Waals surface area contributed by atoms with Gasteiger partial charge in [0.05, 0.1) is 6.61 Å². The molecule has 3 N–H and O–H groups in total. The average Bonchev–Trinajstić information content (AvgIpc) is 2.41. The highest BCUT2D eigenvalue weighted by atomic mass is 19.1. The van der Waals surface area contributed by atoms with Crippen LogP contribution in [0.25, 0.3) is 0 Å². The summed E-state index contributed by atoms with van der Waals surface area (Å²) in [5, 5.41) is 9.94. The SMILES string of the molecule is CC(C)(C)OC(=O)N1CC(C(CN)(CO)c2ccc(F)cc2)C1. The van der Waals surface area contributed by atoms with Gasteiger partial charge in [-0.2, -0.15) is 0 Å². The molecule has 1 atom stereocenters. The number of likely N-dealkylation sites (tertiary alicyclic amines) is 1. The van der Waals surface area contributed by atoms with Crippen LogP contribution in [-0.2, 0) is 10.2 Å². The summed E-state index contributed by atoms with van der Waals surface area (Å²) < 4.78 is 18.5. The highest BCUT2D eigenvalue weighted by molar-refractivity contribution is 5.69. The number of carbonyl (C=O) groups excluding carboxylic acids is 1. The molecule has 1 heterocycles. The Morgan fingerprint density at radius 1 is 1.35 bits per heavy atom. The minimum atomic E-state index is -0.674. The molecular weight excluding hydrogens is 299 g/mol. The minimum absolute atomic E-state index is 0.00970. The quantitative estimate of drug-likeness (QED) is 0.887. The van der Waals surface area contributed by atoms with Gasteiger partial charge in [-0.15, -0.1) is 0 Å². The van der Waals surface area contributed by atoms with Gasteiger partial charge in [0.1, 0.15) is 11.4 Å². The van der Waals surface area contributed by atoms with Gasteiger partial charge in [0.2, 0.25) is 0 Å². The first-order valence-corrected chi connectivity index (χ1v) is 7.77. The van der Waals surface area contributed by atoms with E-state index in [0.29, 0.717) is 13.1 Å². The zero-order chi connectivity index (χ0) is 17.3. The predicted molar refractivity (Wildman–Crippen MR) is 85.5 cm³/mol. The summed E-state index contributed by atoms with van der Waals surface area (Å²) in [6.07, 6.45) is -0.364. The summed E-state index contributed by atoms with van der Waals surface area (Å²) in [6.45, 7) is 6.45. The molecule has 1 aliphatic heterocycles. The van der Waals surface area contributed by atoms with Gasteiger partial charge in [-0.3, -0.25) is 0 Å². The van der Waals surface area contributed by atoms with Crippen LogP contribution in [-0.4, -0.2) is 47.9 Å². The van der Waals surface area contributed by atoms with Crippen LogP contribution >= 0.6 is 0 Å². The van der Waals surface area contributed by atoms with E-state index in [1.165, 1.54) is 12.1 Å². The van der Waals surface area contributed by atoms with Crippen molar-refractivity contribution in [2.75, 3.05) is 26.2 Å². The number of nitrogens with two attached hydrogens (primary N) is 1. The summed E-state index contributed by atoms with van der Waals surface area (Å²) in [6, 6.07) is 6.02. The van der Waals surface area contributed by atoms with Gasteiger partial charge in [0, 0.05) is 31.0 Å². The van der Waals surface area contributed by atoms with E-state index >= 15 is 0 Å². The maximum Gasteiger partial charge on any atom is 0.410 e. The summed E-state index contributed by atoms with van der Waals surface area (Å²) in [5.41, 5.74) is 5.51. The molecule has 1 aliphatic rings. The number of aliphatic hydroxyl groups excluding tert-OH is 1. The van der Waals surface area contributed by atoms with Crippen molar-refractivity contribution >= 4 is 6.09 Å². The molecule has 1 aromatic carbocycles. The van der Waals surface area contributed by atoms with Crippen molar-refractivity contribution in [2.45, 2.75) is 31.8 Å². The number of hydrogen-bond donors (Lipinski definition) is 2. The van der Waals surface area contributed by atoms with Crippen LogP contribution in [0.2, 0.25) is 0 Å². The maximum absolute atomic E-state index is 13.1. The van der Waals surface area contributed by atoms with Crippen LogP contribution in [0.3, 0.4) is 0 Å². The molecule has 0 aliphatic carbocycles. The predicted octanol–water partition coefficient (Wildman–Crippen LogP) is 1.88. The third-order valence-electron chi connectivity index (χ3n) is 4.38. The van der Waals surface area contributed by atoms with Crippen LogP contribution in [0.5, 0.6) is 0 Å². The van der Waals surface area contributed by atoms with E-state index in [4.69, 9.17) is 10.5 Å². The Kier molecular flexibility index (Phi) is 4.96. The molecular formula is C17H25FN2O3. The molecule has 1 saturated heterocycles. The largest absolute Gasteiger partial charge is 0.444 e. The Hall–Kier alpha value is -1.66. The first-order chi connectivity index (χ1) is 10.7. The molecule has 0 spiro atoms. The molecule has 5 nitrogen and oxygen atoms in total. The number of ether oxygens (including phenoxy) is 1. The van der Waals surface area contributed by atoms with Crippen LogP contribution in [0.1, 0.15) is 26.3 Å². The van der Waals surface area contributed by atoms with Gasteiger partial charge in [-0.05, 0) is 38.5 Å². The Morgan fingerprint density at radius 2 is 1.91 bits per heavy atom. The van der Waals surface area contributed by atoms with E-state index in [9.17, 15) is 14.3 Å². The van der Waals surface area contributed by atoms with Crippen molar-refractivity contribution in [3.8, 4) is 0 Å². The molecule has 1 fully saturated rings. The topological polar surface area (TPSA) is 75.8 Å². The number of benzene rings is 1. The highest BCUT2D eigenvalue weighted by Gasteiger charge is 2.47. The molecule has 1 amide bonds. The fourth-order valence-electron chi connectivity index (χ4n) is 2.89. The van der Waals surface area contributed by atoms with Crippen molar-refractivity contribution in [2.24, 2.45) is 11.7 Å². The lowest BCUT2D eigenvalue weighted by atomic mass is 9.67. The second-order valence-corrected chi connectivity index (χ2v) is 7.11. The molecule has 0 bridgehead atoms. The molecule has 2 rings (SSSR count). The second kappa shape index (κ2) is 6.45. The highest BCUT2D eigenvalue weighted by Crippen LogP contribution is 2.38. The van der Waals surface area contributed by atoms with Crippen molar-refractivity contribution in [1.82, 2.24) is 4.90 Å². The lowest BCUT2D eigenvalue weighted by Gasteiger charge is -2.49. The minimum Gasteiger partial charge on any atom is -0.444 e. The van der Waals surface area contributed by atoms with Gasteiger partial charge in [-0.1, -0.05) is 12.1 Å². The van der Waals surface area contributed by atoms with Gasteiger partial charge >= 0.3 is 6.09 Å². The molecule has 128 valence electrons. The second-order valence-electron chi connectivity index (χ2n) is 7.11. The van der Waals surface area contributed by atoms with Crippen LogP contribution < -0.4 is 5.73 Å². The van der Waals surface area contributed by atoms with Crippen LogP contribution in [0.4, 0.5) is 9.18 Å². The Bertz CT molecular complexity index is 544. The van der Waals surface area contributed by atoms with E-state index in [2.05, 4.69) is 0 Å². The first kappa shape index (κ1) is 17.7. The maximum atomic E-state index is 13.1. The molecule has 0 aromatic heterocycles. The average molecular weight is 324 g/mol. The smallest absolute Gasteiger partial charge is 0.410 e. The third kappa shape index (κ3) is 3.64. The third-order valence-corrected chi connectivity index (χ3v) is 4.38. The molecule has 1 unspecified atom stereocenters. The molecule has 1 aromatic rings. The summed E-state index contributed by atoms with van der Waals surface area (Å²) in [5.74, 6) is -0.322. The molecule has 0 saturated carbocycles. The fraction of sp³-hybridized carbons (Fsp3) is 0.588.